The molecule has 6 nitrogen and oxygen atoms in total. The van der Waals surface area contributed by atoms with E-state index in [1.54, 1.807) is 11.3 Å². The van der Waals surface area contributed by atoms with Crippen LogP contribution in [0.5, 0.6) is 0 Å². The summed E-state index contributed by atoms with van der Waals surface area (Å²) in [6.07, 6.45) is 4.07. The Balaban J connectivity index is 1.84. The smallest absolute Gasteiger partial charge is 0.354 e. The number of aryl methyl sites for hydroxylation is 1. The minimum atomic E-state index is -1.15. The molecule has 0 aromatic carbocycles. The lowest BCUT2D eigenvalue weighted by molar-refractivity contribution is 0.0690. The summed E-state index contributed by atoms with van der Waals surface area (Å²) >= 11 is 1.55. The number of carboxylic acids is 1. The Bertz CT molecular complexity index is 737. The second-order valence-electron chi connectivity index (χ2n) is 5.42. The van der Waals surface area contributed by atoms with Crippen molar-refractivity contribution in [1.82, 2.24) is 15.3 Å². The zero-order valence-electron chi connectivity index (χ0n) is 12.0. The van der Waals surface area contributed by atoms with Gasteiger partial charge in [0, 0.05) is 22.8 Å². The van der Waals surface area contributed by atoms with Crippen LogP contribution in [0.4, 0.5) is 0 Å². The highest BCUT2D eigenvalue weighted by atomic mass is 32.1. The summed E-state index contributed by atoms with van der Waals surface area (Å²) in [4.78, 5) is 31.6. The quantitative estimate of drug-likeness (QED) is 0.903. The van der Waals surface area contributed by atoms with Gasteiger partial charge in [-0.05, 0) is 38.3 Å². The zero-order valence-corrected chi connectivity index (χ0v) is 12.8. The van der Waals surface area contributed by atoms with Crippen molar-refractivity contribution in [1.29, 1.82) is 0 Å². The molecule has 0 atom stereocenters. The van der Waals surface area contributed by atoms with E-state index >= 15 is 0 Å². The summed E-state index contributed by atoms with van der Waals surface area (Å²) in [5.74, 6) is -1.44. The number of pyridine rings is 1. The Morgan fingerprint density at radius 2 is 2.18 bits per heavy atom. The number of hydrogen-bond acceptors (Lipinski definition) is 5. The maximum atomic E-state index is 12.5. The minimum absolute atomic E-state index is 0.139. The van der Waals surface area contributed by atoms with E-state index in [-0.39, 0.29) is 11.6 Å². The van der Waals surface area contributed by atoms with Crippen molar-refractivity contribution in [2.24, 2.45) is 0 Å². The van der Waals surface area contributed by atoms with Crippen molar-refractivity contribution in [2.45, 2.75) is 31.7 Å². The number of nitrogens with zero attached hydrogens (tertiary/aromatic N) is 2. The maximum Gasteiger partial charge on any atom is 0.354 e. The lowest BCUT2D eigenvalue weighted by Gasteiger charge is -2.40. The van der Waals surface area contributed by atoms with E-state index in [1.165, 1.54) is 18.3 Å². The van der Waals surface area contributed by atoms with E-state index in [4.69, 9.17) is 5.11 Å². The van der Waals surface area contributed by atoms with E-state index in [0.717, 1.165) is 30.0 Å². The normalized spacial score (nSPS) is 15.9. The molecule has 3 rings (SSSR count). The molecule has 0 spiro atoms. The molecule has 1 fully saturated rings. The second-order valence-corrected chi connectivity index (χ2v) is 6.28. The number of nitrogens with one attached hydrogen (secondary N) is 1. The molecule has 0 saturated heterocycles. The molecular weight excluding hydrogens is 302 g/mol. The van der Waals surface area contributed by atoms with Gasteiger partial charge in [0.05, 0.1) is 5.54 Å². The van der Waals surface area contributed by atoms with Crippen LogP contribution in [-0.4, -0.2) is 27.0 Å². The fourth-order valence-corrected chi connectivity index (χ4v) is 3.49. The van der Waals surface area contributed by atoms with Crippen LogP contribution in [0.15, 0.2) is 23.7 Å². The molecule has 2 aromatic heterocycles. The standard InChI is InChI=1S/C15H15N3O3S/c1-9-8-22-14(17-9)15(4-2-5-15)18-12(19)10-3-6-16-11(7-10)13(20)21/h3,6-8H,2,4-5H2,1H3,(H,18,19)(H,20,21). The van der Waals surface area contributed by atoms with Crippen molar-refractivity contribution in [2.75, 3.05) is 0 Å². The molecule has 114 valence electrons. The van der Waals surface area contributed by atoms with Gasteiger partial charge >= 0.3 is 5.97 Å². The van der Waals surface area contributed by atoms with Gasteiger partial charge in [0.15, 0.2) is 0 Å². The van der Waals surface area contributed by atoms with Crippen LogP contribution >= 0.6 is 11.3 Å². The highest BCUT2D eigenvalue weighted by Gasteiger charge is 2.42. The fraction of sp³-hybridized carbons (Fsp3) is 0.333. The van der Waals surface area contributed by atoms with E-state index in [1.807, 2.05) is 12.3 Å². The average molecular weight is 317 g/mol. The monoisotopic (exact) mass is 317 g/mol. The van der Waals surface area contributed by atoms with E-state index in [2.05, 4.69) is 15.3 Å². The van der Waals surface area contributed by atoms with Gasteiger partial charge in [0.1, 0.15) is 10.7 Å². The van der Waals surface area contributed by atoms with Crippen LogP contribution in [0.3, 0.4) is 0 Å². The first-order valence-electron chi connectivity index (χ1n) is 6.95. The highest BCUT2D eigenvalue weighted by Crippen LogP contribution is 2.42. The highest BCUT2D eigenvalue weighted by molar-refractivity contribution is 7.09. The van der Waals surface area contributed by atoms with Crippen molar-refractivity contribution in [3.8, 4) is 0 Å². The molecule has 2 N–H and O–H groups in total. The lowest BCUT2D eigenvalue weighted by Crippen LogP contribution is -2.50. The number of amides is 1. The molecule has 0 unspecified atom stereocenters. The molecule has 22 heavy (non-hydrogen) atoms. The van der Waals surface area contributed by atoms with E-state index in [9.17, 15) is 9.59 Å². The summed E-state index contributed by atoms with van der Waals surface area (Å²) < 4.78 is 0. The molecule has 1 aliphatic carbocycles. The first-order chi connectivity index (χ1) is 10.5. The number of rotatable bonds is 4. The summed E-state index contributed by atoms with van der Waals surface area (Å²) in [7, 11) is 0. The summed E-state index contributed by atoms with van der Waals surface area (Å²) in [5.41, 5.74) is 0.688. The largest absolute Gasteiger partial charge is 0.477 e. The van der Waals surface area contributed by atoms with Gasteiger partial charge in [-0.1, -0.05) is 0 Å². The maximum absolute atomic E-state index is 12.5. The molecule has 2 heterocycles. The van der Waals surface area contributed by atoms with Gasteiger partial charge in [-0.25, -0.2) is 14.8 Å². The van der Waals surface area contributed by atoms with Crippen molar-refractivity contribution in [3.63, 3.8) is 0 Å². The third-order valence-electron chi connectivity index (χ3n) is 3.83. The Hall–Kier alpha value is -2.28. The van der Waals surface area contributed by atoms with Gasteiger partial charge < -0.3 is 10.4 Å². The Labute approximate surface area is 131 Å². The van der Waals surface area contributed by atoms with Crippen LogP contribution < -0.4 is 5.32 Å². The van der Waals surface area contributed by atoms with Crippen molar-refractivity contribution >= 4 is 23.2 Å². The van der Waals surface area contributed by atoms with Gasteiger partial charge in [-0.3, -0.25) is 4.79 Å². The molecule has 0 radical (unpaired) electrons. The molecule has 1 aliphatic rings. The number of aromatic carboxylic acids is 1. The molecule has 7 heteroatoms. The average Bonchev–Trinajstić information content (AvgIpc) is 2.89. The number of aromatic nitrogens is 2. The summed E-state index contributed by atoms with van der Waals surface area (Å²) in [6, 6.07) is 2.80. The zero-order chi connectivity index (χ0) is 15.7. The van der Waals surface area contributed by atoms with Crippen molar-refractivity contribution < 1.29 is 14.7 Å². The summed E-state index contributed by atoms with van der Waals surface area (Å²) in [6.45, 7) is 1.93. The van der Waals surface area contributed by atoms with Crippen LogP contribution in [0.1, 0.15) is 50.8 Å². The van der Waals surface area contributed by atoms with Crippen LogP contribution in [-0.2, 0) is 5.54 Å². The topological polar surface area (TPSA) is 92.2 Å². The predicted octanol–water partition coefficient (Wildman–Crippen LogP) is 2.35. The Morgan fingerprint density at radius 3 is 2.73 bits per heavy atom. The first kappa shape index (κ1) is 14.6. The number of carbonyl (C=O) groups is 2. The molecule has 1 saturated carbocycles. The third kappa shape index (κ3) is 2.59. The van der Waals surface area contributed by atoms with Gasteiger partial charge in [-0.2, -0.15) is 0 Å². The Kier molecular flexibility index (Phi) is 3.66. The van der Waals surface area contributed by atoms with E-state index < -0.39 is 11.5 Å². The first-order valence-corrected chi connectivity index (χ1v) is 7.83. The third-order valence-corrected chi connectivity index (χ3v) is 4.99. The molecule has 2 aromatic rings. The fourth-order valence-electron chi connectivity index (χ4n) is 2.47. The van der Waals surface area contributed by atoms with Crippen LogP contribution in [0, 0.1) is 6.92 Å². The van der Waals surface area contributed by atoms with Gasteiger partial charge in [-0.15, -0.1) is 11.3 Å². The number of hydrogen-bond donors (Lipinski definition) is 2. The summed E-state index contributed by atoms with van der Waals surface area (Å²) in [5, 5.41) is 14.9. The predicted molar refractivity (Wildman–Crippen MR) is 81.0 cm³/mol. The van der Waals surface area contributed by atoms with E-state index in [0.29, 0.717) is 5.56 Å². The van der Waals surface area contributed by atoms with Crippen molar-refractivity contribution in [3.05, 3.63) is 45.7 Å². The number of carboxylic acid groups (broad SMARTS) is 1. The number of carbonyl (C=O) groups excluding carboxylic acids is 1. The molecule has 1 amide bonds. The SMILES string of the molecule is Cc1csc(C2(NC(=O)c3ccnc(C(=O)O)c3)CCC2)n1. The van der Waals surface area contributed by atoms with Crippen LogP contribution in [0.2, 0.25) is 0 Å². The van der Waals surface area contributed by atoms with Gasteiger partial charge in [0.2, 0.25) is 0 Å². The Morgan fingerprint density at radius 1 is 1.41 bits per heavy atom. The number of thiazole rings is 1. The van der Waals surface area contributed by atoms with Crippen LogP contribution in [0.25, 0.3) is 0 Å². The minimum Gasteiger partial charge on any atom is -0.477 e. The molecular formula is C15H15N3O3S. The lowest BCUT2D eigenvalue weighted by atomic mass is 9.77. The van der Waals surface area contributed by atoms with Gasteiger partial charge in [0.25, 0.3) is 5.91 Å². The second kappa shape index (κ2) is 5.49. The molecule has 0 bridgehead atoms. The molecule has 0 aliphatic heterocycles.